The summed E-state index contributed by atoms with van der Waals surface area (Å²) in [6.07, 6.45) is 0. The van der Waals surface area contributed by atoms with E-state index in [9.17, 15) is 9.18 Å². The van der Waals surface area contributed by atoms with Gasteiger partial charge in [-0.15, -0.1) is 0 Å². The second kappa shape index (κ2) is 8.12. The van der Waals surface area contributed by atoms with Crippen LogP contribution in [-0.4, -0.2) is 43.6 Å². The predicted molar refractivity (Wildman–Crippen MR) is 94.1 cm³/mol. The van der Waals surface area contributed by atoms with Crippen LogP contribution in [0, 0.1) is 12.7 Å². The standard InChI is InChI=1S/C20H23FN2O2/c1-16-2-8-19(9-3-16)25-15-20(24)23-12-10-22(11-13-23)14-17-4-6-18(21)7-5-17/h2-9H,10-15H2,1H3/p+1. The number of aryl methyl sites for hydroxylation is 1. The molecule has 0 spiro atoms. The third-order valence-corrected chi connectivity index (χ3v) is 4.57. The van der Waals surface area contributed by atoms with Gasteiger partial charge in [-0.1, -0.05) is 29.8 Å². The molecule has 132 valence electrons. The number of carbonyl (C=O) groups excluding carboxylic acids is 1. The topological polar surface area (TPSA) is 34.0 Å². The second-order valence-electron chi connectivity index (χ2n) is 6.54. The molecule has 2 aromatic rings. The summed E-state index contributed by atoms with van der Waals surface area (Å²) in [5.74, 6) is 0.545. The van der Waals surface area contributed by atoms with Gasteiger partial charge < -0.3 is 14.5 Å². The Hall–Kier alpha value is -2.40. The molecular weight excluding hydrogens is 319 g/mol. The van der Waals surface area contributed by atoms with Crippen LogP contribution in [0.2, 0.25) is 0 Å². The van der Waals surface area contributed by atoms with Crippen molar-refractivity contribution < 1.29 is 18.8 Å². The van der Waals surface area contributed by atoms with Crippen LogP contribution >= 0.6 is 0 Å². The molecule has 1 amide bonds. The summed E-state index contributed by atoms with van der Waals surface area (Å²) in [5.41, 5.74) is 2.29. The van der Waals surface area contributed by atoms with E-state index in [1.165, 1.54) is 22.6 Å². The van der Waals surface area contributed by atoms with Gasteiger partial charge in [-0.25, -0.2) is 4.39 Å². The summed E-state index contributed by atoms with van der Waals surface area (Å²) >= 11 is 0. The largest absolute Gasteiger partial charge is 0.484 e. The van der Waals surface area contributed by atoms with Gasteiger partial charge in [-0.3, -0.25) is 4.79 Å². The molecule has 0 atom stereocenters. The van der Waals surface area contributed by atoms with Crippen molar-refractivity contribution >= 4 is 5.91 Å². The summed E-state index contributed by atoms with van der Waals surface area (Å²) in [4.78, 5) is 15.6. The first-order valence-corrected chi connectivity index (χ1v) is 8.65. The molecule has 0 aromatic heterocycles. The summed E-state index contributed by atoms with van der Waals surface area (Å²) in [7, 11) is 0. The molecule has 0 bridgehead atoms. The zero-order chi connectivity index (χ0) is 17.6. The summed E-state index contributed by atoms with van der Waals surface area (Å²) in [6, 6.07) is 14.4. The monoisotopic (exact) mass is 343 g/mol. The summed E-state index contributed by atoms with van der Waals surface area (Å²) in [6.45, 7) is 6.21. The lowest BCUT2D eigenvalue weighted by Crippen LogP contribution is -3.13. The first-order chi connectivity index (χ1) is 12.1. The van der Waals surface area contributed by atoms with E-state index in [-0.39, 0.29) is 18.3 Å². The van der Waals surface area contributed by atoms with Crippen LogP contribution in [0.4, 0.5) is 4.39 Å². The molecule has 1 saturated heterocycles. The van der Waals surface area contributed by atoms with Gasteiger partial charge >= 0.3 is 0 Å². The number of carbonyl (C=O) groups is 1. The normalized spacial score (nSPS) is 15.2. The Morgan fingerprint density at radius 3 is 2.36 bits per heavy atom. The molecule has 0 saturated carbocycles. The predicted octanol–water partition coefficient (Wildman–Crippen LogP) is 1.44. The fourth-order valence-electron chi connectivity index (χ4n) is 3.01. The van der Waals surface area contributed by atoms with E-state index < -0.39 is 0 Å². The molecule has 3 rings (SSSR count). The van der Waals surface area contributed by atoms with Gasteiger partial charge in [0, 0.05) is 5.56 Å². The molecule has 5 heteroatoms. The van der Waals surface area contributed by atoms with Crippen LogP contribution in [0.3, 0.4) is 0 Å². The molecule has 1 fully saturated rings. The third-order valence-electron chi connectivity index (χ3n) is 4.57. The number of nitrogens with one attached hydrogen (secondary N) is 1. The van der Waals surface area contributed by atoms with Crippen molar-refractivity contribution in [2.24, 2.45) is 0 Å². The van der Waals surface area contributed by atoms with E-state index in [2.05, 4.69) is 0 Å². The SMILES string of the molecule is Cc1ccc(OCC(=O)N2CC[NH+](Cc3ccc(F)cc3)CC2)cc1. The molecule has 1 aliphatic heterocycles. The van der Waals surface area contributed by atoms with Gasteiger partial charge in [0.25, 0.3) is 5.91 Å². The number of quaternary nitrogens is 1. The van der Waals surface area contributed by atoms with Crippen molar-refractivity contribution in [1.82, 2.24) is 4.90 Å². The molecule has 4 nitrogen and oxygen atoms in total. The highest BCUT2D eigenvalue weighted by atomic mass is 19.1. The highest BCUT2D eigenvalue weighted by Gasteiger charge is 2.24. The van der Waals surface area contributed by atoms with Crippen molar-refractivity contribution in [3.05, 3.63) is 65.5 Å². The number of ether oxygens (including phenoxy) is 1. The molecule has 0 unspecified atom stereocenters. The number of amides is 1. The van der Waals surface area contributed by atoms with Crippen LogP contribution in [-0.2, 0) is 11.3 Å². The third kappa shape index (κ3) is 5.03. The van der Waals surface area contributed by atoms with Crippen LogP contribution in [0.25, 0.3) is 0 Å². The van der Waals surface area contributed by atoms with E-state index in [4.69, 9.17) is 4.74 Å². The Morgan fingerprint density at radius 2 is 1.72 bits per heavy atom. The van der Waals surface area contributed by atoms with Gasteiger partial charge in [-0.2, -0.15) is 0 Å². The lowest BCUT2D eigenvalue weighted by molar-refractivity contribution is -0.917. The molecule has 25 heavy (non-hydrogen) atoms. The fourth-order valence-corrected chi connectivity index (χ4v) is 3.01. The van der Waals surface area contributed by atoms with E-state index in [0.717, 1.165) is 44.0 Å². The second-order valence-corrected chi connectivity index (χ2v) is 6.54. The molecule has 2 aromatic carbocycles. The minimum Gasteiger partial charge on any atom is -0.484 e. The first kappa shape index (κ1) is 17.4. The number of hydrogen-bond acceptors (Lipinski definition) is 2. The maximum Gasteiger partial charge on any atom is 0.260 e. The lowest BCUT2D eigenvalue weighted by Gasteiger charge is -2.32. The molecule has 0 aliphatic carbocycles. The number of halogens is 1. The van der Waals surface area contributed by atoms with E-state index in [0.29, 0.717) is 0 Å². The van der Waals surface area contributed by atoms with Gasteiger partial charge in [0.05, 0.1) is 26.2 Å². The van der Waals surface area contributed by atoms with E-state index in [1.807, 2.05) is 48.2 Å². The van der Waals surface area contributed by atoms with Crippen molar-refractivity contribution in [3.8, 4) is 5.75 Å². The van der Waals surface area contributed by atoms with Crippen LogP contribution in [0.5, 0.6) is 5.75 Å². The minimum atomic E-state index is -0.206. The Morgan fingerprint density at radius 1 is 1.08 bits per heavy atom. The fraction of sp³-hybridized carbons (Fsp3) is 0.350. The summed E-state index contributed by atoms with van der Waals surface area (Å²) < 4.78 is 18.5. The van der Waals surface area contributed by atoms with Gasteiger partial charge in [-0.05, 0) is 31.2 Å². The van der Waals surface area contributed by atoms with E-state index in [1.54, 1.807) is 0 Å². The number of rotatable bonds is 5. The Balaban J connectivity index is 1.42. The highest BCUT2D eigenvalue weighted by Crippen LogP contribution is 2.11. The Bertz CT molecular complexity index is 693. The number of hydrogen-bond donors (Lipinski definition) is 1. The van der Waals surface area contributed by atoms with Gasteiger partial charge in [0.1, 0.15) is 18.1 Å². The van der Waals surface area contributed by atoms with Crippen molar-refractivity contribution in [1.29, 1.82) is 0 Å². The van der Waals surface area contributed by atoms with Crippen LogP contribution in [0.15, 0.2) is 48.5 Å². The molecule has 1 N–H and O–H groups in total. The van der Waals surface area contributed by atoms with Gasteiger partial charge in [0.2, 0.25) is 0 Å². The molecule has 1 aliphatic rings. The van der Waals surface area contributed by atoms with Crippen molar-refractivity contribution in [2.45, 2.75) is 13.5 Å². The van der Waals surface area contributed by atoms with Crippen LogP contribution < -0.4 is 9.64 Å². The van der Waals surface area contributed by atoms with Crippen molar-refractivity contribution in [2.75, 3.05) is 32.8 Å². The smallest absolute Gasteiger partial charge is 0.260 e. The highest BCUT2D eigenvalue weighted by molar-refractivity contribution is 5.77. The van der Waals surface area contributed by atoms with Gasteiger partial charge in [0.15, 0.2) is 6.61 Å². The number of nitrogens with zero attached hydrogens (tertiary/aromatic N) is 1. The quantitative estimate of drug-likeness (QED) is 0.891. The molecular formula is C20H24FN2O2+. The van der Waals surface area contributed by atoms with E-state index >= 15 is 0 Å². The Kier molecular flexibility index (Phi) is 5.66. The average Bonchev–Trinajstić information content (AvgIpc) is 2.63. The Labute approximate surface area is 147 Å². The zero-order valence-electron chi connectivity index (χ0n) is 14.5. The zero-order valence-corrected chi connectivity index (χ0v) is 14.5. The summed E-state index contributed by atoms with van der Waals surface area (Å²) in [5, 5.41) is 0. The first-order valence-electron chi connectivity index (χ1n) is 8.65. The van der Waals surface area contributed by atoms with Crippen molar-refractivity contribution in [3.63, 3.8) is 0 Å². The maximum atomic E-state index is 13.0. The lowest BCUT2D eigenvalue weighted by atomic mass is 10.2. The number of benzene rings is 2. The molecule has 0 radical (unpaired) electrons. The van der Waals surface area contributed by atoms with Crippen LogP contribution in [0.1, 0.15) is 11.1 Å². The maximum absolute atomic E-state index is 13.0. The minimum absolute atomic E-state index is 0.0291. The number of piperazine rings is 1. The molecule has 1 heterocycles. The average molecular weight is 343 g/mol.